The normalized spacial score (nSPS) is 10.2. The van der Waals surface area contributed by atoms with E-state index in [2.05, 4.69) is 20.8 Å². The number of nitrogens with one attached hydrogen (secondary N) is 3. The highest BCUT2D eigenvalue weighted by Gasteiger charge is 2.09. The van der Waals surface area contributed by atoms with Gasteiger partial charge in [-0.15, -0.1) is 0 Å². The van der Waals surface area contributed by atoms with Gasteiger partial charge in [-0.1, -0.05) is 18.2 Å². The van der Waals surface area contributed by atoms with Crippen molar-refractivity contribution in [2.45, 2.75) is 6.54 Å². The van der Waals surface area contributed by atoms with E-state index in [0.717, 1.165) is 11.3 Å². The molecule has 88 valence electrons. The minimum atomic E-state index is -0.189. The van der Waals surface area contributed by atoms with Crippen LogP contribution in [0.2, 0.25) is 0 Å². The summed E-state index contributed by atoms with van der Waals surface area (Å²) < 4.78 is 0. The van der Waals surface area contributed by atoms with Gasteiger partial charge in [0.25, 0.3) is 5.91 Å². The van der Waals surface area contributed by atoms with Crippen molar-refractivity contribution in [2.75, 3.05) is 12.4 Å². The highest BCUT2D eigenvalue weighted by molar-refractivity contribution is 6.03. The van der Waals surface area contributed by atoms with Gasteiger partial charge in [0.15, 0.2) is 0 Å². The number of para-hydroxylation sites is 1. The number of hydrogen-bond acceptors (Lipinski definition) is 3. The van der Waals surface area contributed by atoms with Crippen LogP contribution in [0.5, 0.6) is 0 Å². The van der Waals surface area contributed by atoms with Crippen molar-refractivity contribution in [3.63, 3.8) is 0 Å². The van der Waals surface area contributed by atoms with Gasteiger partial charge in [-0.3, -0.25) is 9.89 Å². The molecule has 3 N–H and O–H groups in total. The zero-order valence-corrected chi connectivity index (χ0v) is 9.53. The number of H-pyrrole nitrogens is 1. The highest BCUT2D eigenvalue weighted by atomic mass is 16.1. The molecule has 5 nitrogen and oxygen atoms in total. The molecule has 0 unspecified atom stereocenters. The van der Waals surface area contributed by atoms with Gasteiger partial charge in [-0.05, 0) is 24.7 Å². The average molecular weight is 230 g/mol. The van der Waals surface area contributed by atoms with Gasteiger partial charge in [-0.2, -0.15) is 5.10 Å². The molecule has 5 heteroatoms. The molecule has 0 atom stereocenters. The zero-order chi connectivity index (χ0) is 12.1. The predicted octanol–water partition coefficient (Wildman–Crippen LogP) is 1.38. The number of benzene rings is 1. The Balaban J connectivity index is 2.15. The van der Waals surface area contributed by atoms with E-state index in [1.807, 2.05) is 31.3 Å². The summed E-state index contributed by atoms with van der Waals surface area (Å²) in [5, 5.41) is 12.3. The van der Waals surface area contributed by atoms with Crippen LogP contribution < -0.4 is 10.6 Å². The van der Waals surface area contributed by atoms with E-state index in [1.54, 1.807) is 12.3 Å². The first-order valence-corrected chi connectivity index (χ1v) is 5.34. The lowest BCUT2D eigenvalue weighted by molar-refractivity contribution is 0.102. The van der Waals surface area contributed by atoms with Gasteiger partial charge in [0.2, 0.25) is 0 Å². The number of amides is 1. The molecule has 0 bridgehead atoms. The lowest BCUT2D eigenvalue weighted by atomic mass is 10.1. The van der Waals surface area contributed by atoms with Crippen LogP contribution in [0.25, 0.3) is 0 Å². The zero-order valence-electron chi connectivity index (χ0n) is 9.53. The molecule has 0 aliphatic rings. The van der Waals surface area contributed by atoms with Gasteiger partial charge < -0.3 is 10.6 Å². The minimum absolute atomic E-state index is 0.189. The molecule has 0 radical (unpaired) electrons. The van der Waals surface area contributed by atoms with Crippen molar-refractivity contribution in [3.8, 4) is 0 Å². The first-order valence-electron chi connectivity index (χ1n) is 5.34. The Bertz CT molecular complexity index is 493. The van der Waals surface area contributed by atoms with Crippen LogP contribution in [0.3, 0.4) is 0 Å². The minimum Gasteiger partial charge on any atom is -0.320 e. The number of aromatic nitrogens is 2. The third kappa shape index (κ3) is 2.70. The highest BCUT2D eigenvalue weighted by Crippen LogP contribution is 2.15. The van der Waals surface area contributed by atoms with Crippen LogP contribution in [0.1, 0.15) is 16.1 Å². The largest absolute Gasteiger partial charge is 0.320 e. The number of hydrogen-bond donors (Lipinski definition) is 3. The number of carbonyl (C=O) groups excluding carboxylic acids is 1. The molecule has 1 heterocycles. The molecule has 0 fully saturated rings. The van der Waals surface area contributed by atoms with Crippen LogP contribution in [0, 0.1) is 0 Å². The molecule has 0 aliphatic carbocycles. The summed E-state index contributed by atoms with van der Waals surface area (Å²) in [4.78, 5) is 11.8. The van der Waals surface area contributed by atoms with Gasteiger partial charge in [0, 0.05) is 18.4 Å². The SMILES string of the molecule is CNCc1ccccc1NC(=O)c1ccn[nH]1. The van der Waals surface area contributed by atoms with E-state index >= 15 is 0 Å². The Hall–Kier alpha value is -2.14. The Kier molecular flexibility index (Phi) is 3.52. The van der Waals surface area contributed by atoms with Crippen LogP contribution >= 0.6 is 0 Å². The second kappa shape index (κ2) is 5.27. The number of rotatable bonds is 4. The second-order valence-corrected chi connectivity index (χ2v) is 3.61. The van der Waals surface area contributed by atoms with Crippen LogP contribution in [-0.4, -0.2) is 23.2 Å². The molecule has 0 saturated heterocycles. The maximum Gasteiger partial charge on any atom is 0.273 e. The molecule has 17 heavy (non-hydrogen) atoms. The third-order valence-corrected chi connectivity index (χ3v) is 2.38. The Morgan fingerprint density at radius 1 is 1.35 bits per heavy atom. The molecule has 0 aliphatic heterocycles. The fourth-order valence-corrected chi connectivity index (χ4v) is 1.56. The van der Waals surface area contributed by atoms with Crippen molar-refractivity contribution < 1.29 is 4.79 Å². The lowest BCUT2D eigenvalue weighted by Crippen LogP contribution is -2.15. The van der Waals surface area contributed by atoms with Gasteiger partial charge in [0.05, 0.1) is 0 Å². The van der Waals surface area contributed by atoms with Crippen molar-refractivity contribution in [3.05, 3.63) is 47.8 Å². The number of anilines is 1. The standard InChI is InChI=1S/C12H14N4O/c1-13-8-9-4-2-3-5-10(9)15-12(17)11-6-7-14-16-11/h2-7,13H,8H2,1H3,(H,14,16)(H,15,17). The second-order valence-electron chi connectivity index (χ2n) is 3.61. The molecular weight excluding hydrogens is 216 g/mol. The summed E-state index contributed by atoms with van der Waals surface area (Å²) in [7, 11) is 1.87. The number of carbonyl (C=O) groups is 1. The van der Waals surface area contributed by atoms with E-state index < -0.39 is 0 Å². The number of nitrogens with zero attached hydrogens (tertiary/aromatic N) is 1. The molecular formula is C12H14N4O. The summed E-state index contributed by atoms with van der Waals surface area (Å²) in [6, 6.07) is 9.32. The first kappa shape index (κ1) is 11.3. The molecule has 1 aromatic heterocycles. The summed E-state index contributed by atoms with van der Waals surface area (Å²) in [6.07, 6.45) is 1.55. The third-order valence-electron chi connectivity index (χ3n) is 2.38. The van der Waals surface area contributed by atoms with Crippen LogP contribution in [0.4, 0.5) is 5.69 Å². The van der Waals surface area contributed by atoms with Crippen molar-refractivity contribution >= 4 is 11.6 Å². The van der Waals surface area contributed by atoms with Gasteiger partial charge in [0.1, 0.15) is 5.69 Å². The van der Waals surface area contributed by atoms with Crippen molar-refractivity contribution in [2.24, 2.45) is 0 Å². The molecule has 0 saturated carbocycles. The van der Waals surface area contributed by atoms with Gasteiger partial charge >= 0.3 is 0 Å². The lowest BCUT2D eigenvalue weighted by Gasteiger charge is -2.09. The number of aromatic amines is 1. The molecule has 1 amide bonds. The van der Waals surface area contributed by atoms with E-state index in [1.165, 1.54) is 0 Å². The quantitative estimate of drug-likeness (QED) is 0.743. The summed E-state index contributed by atoms with van der Waals surface area (Å²) >= 11 is 0. The summed E-state index contributed by atoms with van der Waals surface area (Å²) in [5.41, 5.74) is 2.30. The Labute approximate surface area is 99.2 Å². The van der Waals surface area contributed by atoms with Crippen LogP contribution in [-0.2, 0) is 6.54 Å². The van der Waals surface area contributed by atoms with Crippen LogP contribution in [0.15, 0.2) is 36.5 Å². The monoisotopic (exact) mass is 230 g/mol. The maximum absolute atomic E-state index is 11.8. The fourth-order valence-electron chi connectivity index (χ4n) is 1.56. The average Bonchev–Trinajstić information content (AvgIpc) is 2.85. The van der Waals surface area contributed by atoms with E-state index in [-0.39, 0.29) is 5.91 Å². The fraction of sp³-hybridized carbons (Fsp3) is 0.167. The molecule has 2 aromatic rings. The Morgan fingerprint density at radius 3 is 2.88 bits per heavy atom. The molecule has 2 rings (SSSR count). The van der Waals surface area contributed by atoms with E-state index in [9.17, 15) is 4.79 Å². The van der Waals surface area contributed by atoms with Crippen molar-refractivity contribution in [1.29, 1.82) is 0 Å². The van der Waals surface area contributed by atoms with Gasteiger partial charge in [-0.25, -0.2) is 0 Å². The maximum atomic E-state index is 11.8. The van der Waals surface area contributed by atoms with E-state index in [4.69, 9.17) is 0 Å². The van der Waals surface area contributed by atoms with Crippen molar-refractivity contribution in [1.82, 2.24) is 15.5 Å². The smallest absolute Gasteiger partial charge is 0.273 e. The predicted molar refractivity (Wildman–Crippen MR) is 65.7 cm³/mol. The topological polar surface area (TPSA) is 69.8 Å². The molecule has 1 aromatic carbocycles. The van der Waals surface area contributed by atoms with E-state index in [0.29, 0.717) is 12.2 Å². The Morgan fingerprint density at radius 2 is 2.18 bits per heavy atom. The first-order chi connectivity index (χ1) is 8.31. The summed E-state index contributed by atoms with van der Waals surface area (Å²) in [6.45, 7) is 0.708. The summed E-state index contributed by atoms with van der Waals surface area (Å²) in [5.74, 6) is -0.189. The molecule has 0 spiro atoms.